The molecule has 4 nitrogen and oxygen atoms in total. The number of fused-ring (bicyclic) bond motifs is 3. The largest absolute Gasteiger partial charge is 0.366 e. The highest BCUT2D eigenvalue weighted by Crippen LogP contribution is 2.27. The summed E-state index contributed by atoms with van der Waals surface area (Å²) in [6.07, 6.45) is 6.30. The van der Waals surface area contributed by atoms with E-state index in [2.05, 4.69) is 15.2 Å². The predicted molar refractivity (Wildman–Crippen MR) is 78.7 cm³/mol. The first-order chi connectivity index (χ1) is 9.78. The van der Waals surface area contributed by atoms with E-state index < -0.39 is 0 Å². The van der Waals surface area contributed by atoms with Crippen molar-refractivity contribution in [3.05, 3.63) is 36.2 Å². The van der Waals surface area contributed by atoms with Gasteiger partial charge in [0.1, 0.15) is 0 Å². The number of nitrogens with one attached hydrogen (secondary N) is 2. The van der Waals surface area contributed by atoms with Crippen LogP contribution >= 0.6 is 0 Å². The van der Waals surface area contributed by atoms with E-state index >= 15 is 0 Å². The lowest BCUT2D eigenvalue weighted by Crippen LogP contribution is -2.47. The SMILES string of the molecule is O=C(N[C@@H]1C[C@@H]2CCN(C2)C1)c1ccc2c[nH]cc2c1. The van der Waals surface area contributed by atoms with Crippen molar-refractivity contribution in [3.8, 4) is 0 Å². The normalized spacial score (nSPS) is 28.7. The molecule has 1 aromatic heterocycles. The lowest BCUT2D eigenvalue weighted by Gasteiger charge is -2.30. The van der Waals surface area contributed by atoms with Gasteiger partial charge < -0.3 is 15.2 Å². The molecule has 1 unspecified atom stereocenters. The van der Waals surface area contributed by atoms with Crippen LogP contribution in [-0.2, 0) is 0 Å². The number of amides is 1. The number of rotatable bonds is 2. The Balaban J connectivity index is 1.49. The second-order valence-electron chi connectivity index (χ2n) is 6.12. The summed E-state index contributed by atoms with van der Waals surface area (Å²) in [7, 11) is 0. The molecule has 2 aliphatic rings. The van der Waals surface area contributed by atoms with E-state index in [1.165, 1.54) is 19.5 Å². The smallest absolute Gasteiger partial charge is 0.251 e. The van der Waals surface area contributed by atoms with Gasteiger partial charge in [-0.05, 0) is 48.2 Å². The molecule has 1 aromatic carbocycles. The lowest BCUT2D eigenvalue weighted by molar-refractivity contribution is 0.0909. The Bertz CT molecular complexity index is 636. The van der Waals surface area contributed by atoms with Crippen molar-refractivity contribution in [2.24, 2.45) is 5.92 Å². The van der Waals surface area contributed by atoms with Gasteiger partial charge in [-0.3, -0.25) is 4.79 Å². The molecule has 4 heteroatoms. The van der Waals surface area contributed by atoms with Gasteiger partial charge in [-0.15, -0.1) is 0 Å². The molecule has 20 heavy (non-hydrogen) atoms. The summed E-state index contributed by atoms with van der Waals surface area (Å²) in [4.78, 5) is 17.9. The van der Waals surface area contributed by atoms with E-state index in [0.29, 0.717) is 6.04 Å². The third-order valence-corrected chi connectivity index (χ3v) is 4.63. The number of aromatic amines is 1. The number of carbonyl (C=O) groups is 1. The van der Waals surface area contributed by atoms with Crippen LogP contribution in [0.4, 0.5) is 0 Å². The molecular weight excluding hydrogens is 250 g/mol. The minimum Gasteiger partial charge on any atom is -0.366 e. The minimum atomic E-state index is 0.0561. The number of carbonyl (C=O) groups excluding carboxylic acids is 1. The molecule has 2 aromatic rings. The number of hydrogen-bond acceptors (Lipinski definition) is 2. The molecule has 2 fully saturated rings. The van der Waals surface area contributed by atoms with Gasteiger partial charge in [0.05, 0.1) is 0 Å². The number of hydrogen-bond donors (Lipinski definition) is 2. The molecule has 3 heterocycles. The fraction of sp³-hybridized carbons (Fsp3) is 0.438. The second-order valence-corrected chi connectivity index (χ2v) is 6.12. The van der Waals surface area contributed by atoms with E-state index in [1.807, 2.05) is 30.6 Å². The van der Waals surface area contributed by atoms with Crippen LogP contribution in [0.2, 0.25) is 0 Å². The molecule has 2 bridgehead atoms. The van der Waals surface area contributed by atoms with E-state index in [9.17, 15) is 4.79 Å². The summed E-state index contributed by atoms with van der Waals surface area (Å²) < 4.78 is 0. The molecule has 1 amide bonds. The van der Waals surface area contributed by atoms with Crippen molar-refractivity contribution in [1.82, 2.24) is 15.2 Å². The lowest BCUT2D eigenvalue weighted by atomic mass is 9.96. The zero-order chi connectivity index (χ0) is 13.5. The van der Waals surface area contributed by atoms with Crippen LogP contribution in [0, 0.1) is 5.92 Å². The van der Waals surface area contributed by atoms with Crippen LogP contribution in [0.25, 0.3) is 10.8 Å². The fourth-order valence-corrected chi connectivity index (χ4v) is 3.63. The van der Waals surface area contributed by atoms with Gasteiger partial charge >= 0.3 is 0 Å². The van der Waals surface area contributed by atoms with Crippen molar-refractivity contribution < 1.29 is 4.79 Å². The Kier molecular flexibility index (Phi) is 2.77. The van der Waals surface area contributed by atoms with E-state index in [-0.39, 0.29) is 5.91 Å². The van der Waals surface area contributed by atoms with Crippen molar-refractivity contribution in [3.63, 3.8) is 0 Å². The van der Waals surface area contributed by atoms with Gasteiger partial charge in [-0.1, -0.05) is 6.07 Å². The van der Waals surface area contributed by atoms with Crippen molar-refractivity contribution in [2.75, 3.05) is 19.6 Å². The quantitative estimate of drug-likeness (QED) is 0.876. The van der Waals surface area contributed by atoms with Crippen molar-refractivity contribution in [2.45, 2.75) is 18.9 Å². The number of piperidine rings is 1. The van der Waals surface area contributed by atoms with Gasteiger partial charge in [0.15, 0.2) is 0 Å². The highest BCUT2D eigenvalue weighted by molar-refractivity contribution is 5.98. The summed E-state index contributed by atoms with van der Waals surface area (Å²) in [6, 6.07) is 6.17. The average molecular weight is 269 g/mol. The number of H-pyrrole nitrogens is 1. The van der Waals surface area contributed by atoms with Crippen molar-refractivity contribution >= 4 is 16.7 Å². The standard InChI is InChI=1S/C16H19N3O/c20-16(12-1-2-13-7-17-8-14(13)6-12)18-15-5-11-3-4-19(9-11)10-15/h1-2,6-8,11,15,17H,3-5,9-10H2,(H,18,20)/t11-,15+/m0/s1. The zero-order valence-electron chi connectivity index (χ0n) is 11.4. The van der Waals surface area contributed by atoms with Crippen LogP contribution < -0.4 is 5.32 Å². The maximum Gasteiger partial charge on any atom is 0.251 e. The molecule has 2 saturated heterocycles. The van der Waals surface area contributed by atoms with E-state index in [4.69, 9.17) is 0 Å². The second kappa shape index (κ2) is 4.63. The van der Waals surface area contributed by atoms with Crippen LogP contribution in [0.15, 0.2) is 30.6 Å². The predicted octanol–water partition coefficient (Wildman–Crippen LogP) is 1.99. The fourth-order valence-electron chi connectivity index (χ4n) is 3.63. The first kappa shape index (κ1) is 12.0. The zero-order valence-corrected chi connectivity index (χ0v) is 11.4. The van der Waals surface area contributed by atoms with E-state index in [1.54, 1.807) is 0 Å². The van der Waals surface area contributed by atoms with Gasteiger partial charge in [-0.25, -0.2) is 0 Å². The van der Waals surface area contributed by atoms with Crippen molar-refractivity contribution in [1.29, 1.82) is 0 Å². The summed E-state index contributed by atoms with van der Waals surface area (Å²) in [5, 5.41) is 5.43. The van der Waals surface area contributed by atoms with Crippen LogP contribution in [0.1, 0.15) is 23.2 Å². The molecule has 2 aliphatic heterocycles. The topological polar surface area (TPSA) is 48.1 Å². The van der Waals surface area contributed by atoms with Crippen LogP contribution in [0.5, 0.6) is 0 Å². The maximum absolute atomic E-state index is 12.4. The summed E-state index contributed by atoms with van der Waals surface area (Å²) >= 11 is 0. The Morgan fingerprint density at radius 1 is 1.25 bits per heavy atom. The van der Waals surface area contributed by atoms with Gasteiger partial charge in [-0.2, -0.15) is 0 Å². The van der Waals surface area contributed by atoms with Gasteiger partial charge in [0.2, 0.25) is 0 Å². The highest BCUT2D eigenvalue weighted by atomic mass is 16.1. The Morgan fingerprint density at radius 2 is 2.15 bits per heavy atom. The van der Waals surface area contributed by atoms with Crippen LogP contribution in [0.3, 0.4) is 0 Å². The maximum atomic E-state index is 12.4. The molecule has 0 aliphatic carbocycles. The number of benzene rings is 1. The molecule has 0 spiro atoms. The van der Waals surface area contributed by atoms with E-state index in [0.717, 1.165) is 35.2 Å². The summed E-state index contributed by atoms with van der Waals surface area (Å²) in [5.74, 6) is 0.835. The third-order valence-electron chi connectivity index (χ3n) is 4.63. The molecule has 4 rings (SSSR count). The molecule has 0 saturated carbocycles. The van der Waals surface area contributed by atoms with Gasteiger partial charge in [0.25, 0.3) is 5.91 Å². The number of nitrogens with zero attached hydrogens (tertiary/aromatic N) is 1. The third kappa shape index (κ3) is 2.10. The summed E-state index contributed by atoms with van der Waals surface area (Å²) in [6.45, 7) is 3.43. The molecule has 3 atom stereocenters. The molecule has 2 N–H and O–H groups in total. The minimum absolute atomic E-state index is 0.0561. The molecule has 104 valence electrons. The van der Waals surface area contributed by atoms with Gasteiger partial charge in [0, 0.05) is 37.1 Å². The monoisotopic (exact) mass is 269 g/mol. The Hall–Kier alpha value is -1.81. The summed E-state index contributed by atoms with van der Waals surface area (Å²) in [5.41, 5.74) is 0.755. The first-order valence-corrected chi connectivity index (χ1v) is 7.38. The molecule has 0 radical (unpaired) electrons. The average Bonchev–Trinajstić information content (AvgIpc) is 3.04. The van der Waals surface area contributed by atoms with Crippen LogP contribution in [-0.4, -0.2) is 41.5 Å². The first-order valence-electron chi connectivity index (χ1n) is 7.38. The molecular formula is C16H19N3O. The Labute approximate surface area is 118 Å². The highest BCUT2D eigenvalue weighted by Gasteiger charge is 2.32. The Morgan fingerprint density at radius 3 is 3.05 bits per heavy atom. The number of aromatic nitrogens is 1.